The van der Waals surface area contributed by atoms with Crippen molar-refractivity contribution in [2.75, 3.05) is 17.8 Å². The molecule has 0 aliphatic carbocycles. The van der Waals surface area contributed by atoms with Crippen LogP contribution in [0.1, 0.15) is 13.8 Å². The van der Waals surface area contributed by atoms with Crippen LogP contribution in [0.25, 0.3) is 0 Å². The highest BCUT2D eigenvalue weighted by molar-refractivity contribution is 7.94. The lowest BCUT2D eigenvalue weighted by molar-refractivity contribution is -0.0440. The number of rotatable bonds is 5. The summed E-state index contributed by atoms with van der Waals surface area (Å²) in [5.74, 6) is 0. The van der Waals surface area contributed by atoms with Crippen LogP contribution in [0.5, 0.6) is 0 Å². The van der Waals surface area contributed by atoms with Gasteiger partial charge in [0.2, 0.25) is 10.0 Å². The van der Waals surface area contributed by atoms with Gasteiger partial charge in [0, 0.05) is 18.8 Å². The molecular formula is C16H20N2O5S3. The number of nitrogens with zero attached hydrogens (tertiary/aromatic N) is 1. The molecule has 142 valence electrons. The third-order valence-corrected chi connectivity index (χ3v) is 8.51. The Labute approximate surface area is 157 Å². The zero-order chi connectivity index (χ0) is 18.9. The van der Waals surface area contributed by atoms with Crippen LogP contribution in [0.4, 0.5) is 5.69 Å². The van der Waals surface area contributed by atoms with Crippen molar-refractivity contribution in [2.45, 2.75) is 35.2 Å². The van der Waals surface area contributed by atoms with E-state index in [1.165, 1.54) is 34.6 Å². The number of thiophene rings is 1. The number of benzene rings is 1. The van der Waals surface area contributed by atoms with E-state index in [-0.39, 0.29) is 21.3 Å². The average molecular weight is 417 g/mol. The third kappa shape index (κ3) is 4.09. The van der Waals surface area contributed by atoms with Gasteiger partial charge in [0.1, 0.15) is 4.21 Å². The Morgan fingerprint density at radius 3 is 2.19 bits per heavy atom. The van der Waals surface area contributed by atoms with Crippen molar-refractivity contribution in [2.24, 2.45) is 0 Å². The normalized spacial score (nSPS) is 22.2. The summed E-state index contributed by atoms with van der Waals surface area (Å²) in [7, 11) is -7.31. The summed E-state index contributed by atoms with van der Waals surface area (Å²) in [6, 6.07) is 8.88. The average Bonchev–Trinajstić information content (AvgIpc) is 3.09. The van der Waals surface area contributed by atoms with E-state index in [2.05, 4.69) is 4.72 Å². The molecule has 1 aromatic carbocycles. The van der Waals surface area contributed by atoms with E-state index < -0.39 is 20.0 Å². The number of sulfonamides is 2. The first-order valence-electron chi connectivity index (χ1n) is 8.00. The first-order chi connectivity index (χ1) is 12.2. The minimum absolute atomic E-state index is 0.123. The quantitative estimate of drug-likeness (QED) is 0.808. The molecule has 1 aromatic heterocycles. The van der Waals surface area contributed by atoms with Gasteiger partial charge in [-0.3, -0.25) is 4.72 Å². The Morgan fingerprint density at radius 2 is 1.65 bits per heavy atom. The summed E-state index contributed by atoms with van der Waals surface area (Å²) in [6.07, 6.45) is -0.351. The summed E-state index contributed by atoms with van der Waals surface area (Å²) in [6.45, 7) is 4.25. The Hall–Kier alpha value is -1.46. The van der Waals surface area contributed by atoms with Crippen LogP contribution in [0.15, 0.2) is 50.9 Å². The number of anilines is 1. The van der Waals surface area contributed by atoms with Gasteiger partial charge in [0.15, 0.2) is 0 Å². The second-order valence-corrected chi connectivity index (χ2v) is 10.9. The standard InChI is InChI=1S/C16H20N2O5S3/c1-12-10-18(11-13(2)23-12)26(21,22)15-7-5-14(6-8-15)17-25(19,20)16-4-3-9-24-16/h3-9,12-13,17H,10-11H2,1-2H3/t12-,13-/m0/s1. The van der Waals surface area contributed by atoms with Gasteiger partial charge in [-0.25, -0.2) is 16.8 Å². The first-order valence-corrected chi connectivity index (χ1v) is 11.8. The maximum Gasteiger partial charge on any atom is 0.271 e. The fourth-order valence-electron chi connectivity index (χ4n) is 2.79. The fourth-order valence-corrected chi connectivity index (χ4v) is 6.43. The molecule has 0 unspecified atom stereocenters. The SMILES string of the molecule is C[C@H]1CN(S(=O)(=O)c2ccc(NS(=O)(=O)c3cccs3)cc2)C[C@H](C)O1. The largest absolute Gasteiger partial charge is 0.373 e. The summed E-state index contributed by atoms with van der Waals surface area (Å²) in [5.41, 5.74) is 0.307. The van der Waals surface area contributed by atoms with Crippen LogP contribution >= 0.6 is 11.3 Å². The van der Waals surface area contributed by atoms with E-state index in [1.807, 2.05) is 13.8 Å². The molecule has 1 aliphatic rings. The highest BCUT2D eigenvalue weighted by Gasteiger charge is 2.32. The van der Waals surface area contributed by atoms with Crippen molar-refractivity contribution < 1.29 is 21.6 Å². The van der Waals surface area contributed by atoms with E-state index in [0.29, 0.717) is 18.8 Å². The van der Waals surface area contributed by atoms with Gasteiger partial charge in [0.25, 0.3) is 10.0 Å². The fraction of sp³-hybridized carbons (Fsp3) is 0.375. The lowest BCUT2D eigenvalue weighted by Crippen LogP contribution is -2.48. The Kier molecular flexibility index (Phi) is 5.40. The summed E-state index contributed by atoms with van der Waals surface area (Å²) >= 11 is 1.11. The monoisotopic (exact) mass is 416 g/mol. The van der Waals surface area contributed by atoms with Crippen molar-refractivity contribution in [3.63, 3.8) is 0 Å². The van der Waals surface area contributed by atoms with E-state index in [1.54, 1.807) is 11.4 Å². The molecule has 2 atom stereocenters. The number of morpholine rings is 1. The second kappa shape index (κ2) is 7.28. The number of hydrogen-bond acceptors (Lipinski definition) is 6. The lowest BCUT2D eigenvalue weighted by atomic mass is 10.3. The highest BCUT2D eigenvalue weighted by Crippen LogP contribution is 2.24. The minimum atomic E-state index is -3.66. The second-order valence-electron chi connectivity index (χ2n) is 6.14. The zero-order valence-electron chi connectivity index (χ0n) is 14.3. The van der Waals surface area contributed by atoms with Gasteiger partial charge in [-0.05, 0) is 49.6 Å². The van der Waals surface area contributed by atoms with Crippen molar-refractivity contribution in [1.29, 1.82) is 0 Å². The van der Waals surface area contributed by atoms with Gasteiger partial charge < -0.3 is 4.74 Å². The summed E-state index contributed by atoms with van der Waals surface area (Å²) in [5, 5.41) is 1.68. The summed E-state index contributed by atoms with van der Waals surface area (Å²) < 4.78 is 59.7. The van der Waals surface area contributed by atoms with Crippen LogP contribution in [0.3, 0.4) is 0 Å². The van der Waals surface area contributed by atoms with Gasteiger partial charge in [-0.15, -0.1) is 11.3 Å². The van der Waals surface area contributed by atoms with Crippen LogP contribution in [-0.4, -0.2) is 46.4 Å². The maximum absolute atomic E-state index is 12.8. The molecule has 26 heavy (non-hydrogen) atoms. The maximum atomic E-state index is 12.8. The summed E-state index contributed by atoms with van der Waals surface area (Å²) in [4.78, 5) is 0.123. The van der Waals surface area contributed by atoms with Gasteiger partial charge in [-0.1, -0.05) is 6.07 Å². The van der Waals surface area contributed by atoms with Gasteiger partial charge in [0.05, 0.1) is 17.1 Å². The highest BCUT2D eigenvalue weighted by atomic mass is 32.2. The van der Waals surface area contributed by atoms with Gasteiger partial charge in [-0.2, -0.15) is 4.31 Å². The molecule has 0 saturated carbocycles. The van der Waals surface area contributed by atoms with Crippen LogP contribution in [0.2, 0.25) is 0 Å². The molecule has 2 aromatic rings. The molecule has 0 radical (unpaired) electrons. The van der Waals surface area contributed by atoms with Crippen LogP contribution in [0, 0.1) is 0 Å². The molecule has 0 spiro atoms. The molecule has 0 amide bonds. The van der Waals surface area contributed by atoms with Crippen molar-refractivity contribution >= 4 is 37.1 Å². The van der Waals surface area contributed by atoms with E-state index in [4.69, 9.17) is 4.74 Å². The van der Waals surface area contributed by atoms with Crippen molar-refractivity contribution in [3.05, 3.63) is 41.8 Å². The van der Waals surface area contributed by atoms with E-state index >= 15 is 0 Å². The molecule has 2 heterocycles. The molecule has 7 nitrogen and oxygen atoms in total. The molecule has 10 heteroatoms. The molecule has 1 N–H and O–H groups in total. The Balaban J connectivity index is 1.79. The molecule has 1 aliphatic heterocycles. The smallest absolute Gasteiger partial charge is 0.271 e. The number of ether oxygens (including phenoxy) is 1. The lowest BCUT2D eigenvalue weighted by Gasteiger charge is -2.34. The molecule has 3 rings (SSSR count). The van der Waals surface area contributed by atoms with Crippen LogP contribution in [-0.2, 0) is 24.8 Å². The van der Waals surface area contributed by atoms with E-state index in [9.17, 15) is 16.8 Å². The van der Waals surface area contributed by atoms with E-state index in [0.717, 1.165) is 11.3 Å². The first kappa shape index (κ1) is 19.3. The van der Waals surface area contributed by atoms with Crippen LogP contribution < -0.4 is 4.72 Å². The third-order valence-electron chi connectivity index (χ3n) is 3.89. The van der Waals surface area contributed by atoms with Crippen molar-refractivity contribution in [1.82, 2.24) is 4.31 Å². The minimum Gasteiger partial charge on any atom is -0.373 e. The molecule has 1 saturated heterocycles. The molecule has 0 bridgehead atoms. The van der Waals surface area contributed by atoms with Crippen molar-refractivity contribution in [3.8, 4) is 0 Å². The predicted molar refractivity (Wildman–Crippen MR) is 100 cm³/mol. The topological polar surface area (TPSA) is 92.8 Å². The Morgan fingerprint density at radius 1 is 1.04 bits per heavy atom. The molecular weight excluding hydrogens is 396 g/mol. The molecule has 1 fully saturated rings. The zero-order valence-corrected chi connectivity index (χ0v) is 16.8. The number of nitrogens with one attached hydrogen (secondary N) is 1. The predicted octanol–water partition coefficient (Wildman–Crippen LogP) is 2.35. The number of hydrogen-bond donors (Lipinski definition) is 1. The Bertz CT molecular complexity index is 944. The van der Waals surface area contributed by atoms with Gasteiger partial charge >= 0.3 is 0 Å².